The zero-order valence-electron chi connectivity index (χ0n) is 39.8. The molecule has 2 N–H and O–H groups in total. The number of amides is 1. The lowest BCUT2D eigenvalue weighted by molar-refractivity contribution is -0.122. The lowest BCUT2D eigenvalue weighted by atomic mass is 9.89. The molecule has 6 nitrogen and oxygen atoms in total. The predicted molar refractivity (Wildman–Crippen MR) is 253 cm³/mol. The molecule has 2 unspecified atom stereocenters. The molecule has 6 heteroatoms. The van der Waals surface area contributed by atoms with E-state index >= 15 is 0 Å². The van der Waals surface area contributed by atoms with Gasteiger partial charge in [-0.05, 0) is 76.3 Å². The van der Waals surface area contributed by atoms with Crippen LogP contribution in [0.15, 0.2) is 0 Å². The maximum absolute atomic E-state index is 13.1. The minimum absolute atomic E-state index is 0.248. The van der Waals surface area contributed by atoms with Crippen LogP contribution in [-0.4, -0.2) is 78.5 Å². The SMILES string of the molecule is CCCCCCCCC(CCCCCC)CC(=O)CCCCCCN(CCCCCNC(=O)CC(CCCCCC)CCCCCCCC)CCN(CCO)C1CC1. The molecule has 0 bridgehead atoms. The number of aliphatic hydroxyl groups excluding tert-OH is 1. The Kier molecular flexibility index (Phi) is 39.3. The van der Waals surface area contributed by atoms with Gasteiger partial charge in [-0.1, -0.05) is 188 Å². The van der Waals surface area contributed by atoms with Crippen molar-refractivity contribution in [2.24, 2.45) is 11.8 Å². The summed E-state index contributed by atoms with van der Waals surface area (Å²) in [6.45, 7) is 15.3. The maximum Gasteiger partial charge on any atom is 0.220 e. The highest BCUT2D eigenvalue weighted by molar-refractivity contribution is 5.78. The van der Waals surface area contributed by atoms with Crippen molar-refractivity contribution in [1.82, 2.24) is 15.1 Å². The Morgan fingerprint density at radius 1 is 0.500 bits per heavy atom. The third kappa shape index (κ3) is 34.7. The van der Waals surface area contributed by atoms with Gasteiger partial charge < -0.3 is 15.3 Å². The Morgan fingerprint density at radius 2 is 0.931 bits per heavy atom. The van der Waals surface area contributed by atoms with Gasteiger partial charge in [-0.3, -0.25) is 14.5 Å². The van der Waals surface area contributed by atoms with Crippen LogP contribution in [0.4, 0.5) is 0 Å². The van der Waals surface area contributed by atoms with Gasteiger partial charge in [0.25, 0.3) is 0 Å². The van der Waals surface area contributed by atoms with Crippen LogP contribution in [0.2, 0.25) is 0 Å². The first kappa shape index (κ1) is 55.0. The number of carbonyl (C=O) groups is 2. The van der Waals surface area contributed by atoms with Gasteiger partial charge in [0.15, 0.2) is 0 Å². The summed E-state index contributed by atoms with van der Waals surface area (Å²) >= 11 is 0. The molecule has 0 saturated heterocycles. The lowest BCUT2D eigenvalue weighted by Gasteiger charge is -2.27. The fraction of sp³-hybridized carbons (Fsp3) is 0.962. The molecular weight excluding hydrogens is 715 g/mol. The van der Waals surface area contributed by atoms with Crippen molar-refractivity contribution in [3.05, 3.63) is 0 Å². The fourth-order valence-electron chi connectivity index (χ4n) is 9.13. The second-order valence-corrected chi connectivity index (χ2v) is 18.9. The van der Waals surface area contributed by atoms with Crippen LogP contribution in [0.1, 0.15) is 259 Å². The molecule has 0 spiro atoms. The van der Waals surface area contributed by atoms with Crippen LogP contribution in [0, 0.1) is 11.8 Å². The highest BCUT2D eigenvalue weighted by atomic mass is 16.3. The summed E-state index contributed by atoms with van der Waals surface area (Å²) in [5, 5.41) is 12.9. The van der Waals surface area contributed by atoms with Crippen molar-refractivity contribution in [1.29, 1.82) is 0 Å². The Labute approximate surface area is 363 Å². The number of Topliss-reactive ketones (excluding diaryl/α,β-unsaturated/α-hetero) is 1. The third-order valence-electron chi connectivity index (χ3n) is 13.2. The van der Waals surface area contributed by atoms with Crippen molar-refractivity contribution in [2.75, 3.05) is 45.9 Å². The summed E-state index contributed by atoms with van der Waals surface area (Å²) in [6, 6.07) is 0.679. The fourth-order valence-corrected chi connectivity index (χ4v) is 9.13. The number of nitrogens with zero attached hydrogens (tertiary/aromatic N) is 2. The van der Waals surface area contributed by atoms with Gasteiger partial charge in [-0.25, -0.2) is 0 Å². The van der Waals surface area contributed by atoms with Crippen LogP contribution >= 0.6 is 0 Å². The smallest absolute Gasteiger partial charge is 0.220 e. The van der Waals surface area contributed by atoms with Crippen molar-refractivity contribution < 1.29 is 14.7 Å². The topological polar surface area (TPSA) is 72.9 Å². The molecule has 1 rings (SSSR count). The number of hydrogen-bond acceptors (Lipinski definition) is 5. The van der Waals surface area contributed by atoms with Crippen LogP contribution in [-0.2, 0) is 9.59 Å². The number of unbranched alkanes of at least 4 members (excludes halogenated alkanes) is 21. The van der Waals surface area contributed by atoms with Gasteiger partial charge in [-0.15, -0.1) is 0 Å². The Bertz CT molecular complexity index is 837. The van der Waals surface area contributed by atoms with Crippen molar-refractivity contribution >= 4 is 11.7 Å². The molecule has 58 heavy (non-hydrogen) atoms. The number of carbonyl (C=O) groups excluding carboxylic acids is 2. The standard InChI is InChI=1S/C52H103N3O3/c1-5-9-13-17-19-26-33-48(32-24-15-11-7-3)46-51(57)36-28-21-22-30-40-54(42-43-55(44-45-56)50-37-38-50)41-31-23-29-39-53-52(58)47-49(34-25-16-12-8-4)35-27-20-18-14-10-6-2/h48-50,56H,5-47H2,1-4H3,(H,53,58). The molecule has 0 aromatic heterocycles. The Balaban J connectivity index is 2.43. The zero-order valence-corrected chi connectivity index (χ0v) is 39.8. The molecule has 1 aliphatic rings. The third-order valence-corrected chi connectivity index (χ3v) is 13.2. The van der Waals surface area contributed by atoms with Gasteiger partial charge in [0.2, 0.25) is 5.91 Å². The summed E-state index contributed by atoms with van der Waals surface area (Å²) in [5.41, 5.74) is 0. The van der Waals surface area contributed by atoms with Gasteiger partial charge >= 0.3 is 0 Å². The summed E-state index contributed by atoms with van der Waals surface area (Å²) in [6.07, 6.45) is 44.2. The average Bonchev–Trinajstić information content (AvgIpc) is 4.07. The number of nitrogens with one attached hydrogen (secondary N) is 1. The van der Waals surface area contributed by atoms with E-state index in [1.807, 2.05) is 0 Å². The van der Waals surface area contributed by atoms with E-state index in [9.17, 15) is 14.7 Å². The number of ketones is 1. The summed E-state index contributed by atoms with van der Waals surface area (Å²) in [5.74, 6) is 1.95. The van der Waals surface area contributed by atoms with E-state index in [1.165, 1.54) is 186 Å². The highest BCUT2D eigenvalue weighted by Gasteiger charge is 2.28. The van der Waals surface area contributed by atoms with E-state index < -0.39 is 0 Å². The largest absolute Gasteiger partial charge is 0.395 e. The molecule has 0 aliphatic heterocycles. The summed E-state index contributed by atoms with van der Waals surface area (Å²) in [4.78, 5) is 31.2. The number of aliphatic hydroxyl groups is 1. The minimum Gasteiger partial charge on any atom is -0.395 e. The molecule has 1 amide bonds. The summed E-state index contributed by atoms with van der Waals surface area (Å²) < 4.78 is 0. The van der Waals surface area contributed by atoms with Crippen molar-refractivity contribution in [3.8, 4) is 0 Å². The predicted octanol–water partition coefficient (Wildman–Crippen LogP) is 14.0. The molecule has 1 aliphatic carbocycles. The van der Waals surface area contributed by atoms with Crippen LogP contribution in [0.3, 0.4) is 0 Å². The zero-order chi connectivity index (χ0) is 42.2. The molecule has 0 aromatic rings. The van der Waals surface area contributed by atoms with E-state index in [-0.39, 0.29) is 12.5 Å². The van der Waals surface area contributed by atoms with Crippen LogP contribution in [0.5, 0.6) is 0 Å². The van der Waals surface area contributed by atoms with Gasteiger partial charge in [0.05, 0.1) is 6.61 Å². The first-order valence-electron chi connectivity index (χ1n) is 26.3. The Morgan fingerprint density at radius 3 is 1.43 bits per heavy atom. The average molecular weight is 818 g/mol. The minimum atomic E-state index is 0.248. The van der Waals surface area contributed by atoms with E-state index in [4.69, 9.17) is 0 Å². The molecule has 0 radical (unpaired) electrons. The van der Waals surface area contributed by atoms with Crippen LogP contribution in [0.25, 0.3) is 0 Å². The first-order chi connectivity index (χ1) is 28.5. The van der Waals surface area contributed by atoms with E-state index in [1.54, 1.807) is 0 Å². The molecule has 0 aromatic carbocycles. The van der Waals surface area contributed by atoms with E-state index in [0.29, 0.717) is 30.1 Å². The normalized spacial score (nSPS) is 14.1. The second kappa shape index (κ2) is 41.4. The molecule has 1 fully saturated rings. The molecule has 1 saturated carbocycles. The lowest BCUT2D eigenvalue weighted by Crippen LogP contribution is -2.38. The molecule has 2 atom stereocenters. The number of hydrogen-bond donors (Lipinski definition) is 2. The summed E-state index contributed by atoms with van der Waals surface area (Å²) in [7, 11) is 0. The second-order valence-electron chi connectivity index (χ2n) is 18.9. The quantitative estimate of drug-likeness (QED) is 0.0599. The Hall–Kier alpha value is -0.980. The van der Waals surface area contributed by atoms with Crippen molar-refractivity contribution in [2.45, 2.75) is 265 Å². The molecule has 344 valence electrons. The molecular formula is C52H103N3O3. The monoisotopic (exact) mass is 818 g/mol. The van der Waals surface area contributed by atoms with Gasteiger partial charge in [-0.2, -0.15) is 0 Å². The van der Waals surface area contributed by atoms with Gasteiger partial charge in [0, 0.05) is 51.5 Å². The van der Waals surface area contributed by atoms with E-state index in [0.717, 1.165) is 77.8 Å². The molecule has 0 heterocycles. The highest BCUT2D eigenvalue weighted by Crippen LogP contribution is 2.27. The van der Waals surface area contributed by atoms with Gasteiger partial charge in [0.1, 0.15) is 5.78 Å². The van der Waals surface area contributed by atoms with E-state index in [2.05, 4.69) is 42.8 Å². The van der Waals surface area contributed by atoms with Crippen molar-refractivity contribution in [3.63, 3.8) is 0 Å². The maximum atomic E-state index is 13.1. The van der Waals surface area contributed by atoms with Crippen LogP contribution < -0.4 is 5.32 Å². The number of rotatable bonds is 47. The first-order valence-corrected chi connectivity index (χ1v) is 26.3.